The lowest BCUT2D eigenvalue weighted by molar-refractivity contribution is -0.118. The van der Waals surface area contributed by atoms with Gasteiger partial charge in [0.05, 0.1) is 5.60 Å². The molecule has 0 heterocycles. The number of aliphatic hydroxyl groups is 1. The largest absolute Gasteiger partial charge is 0.390 e. The molecular weight excluding hydrogens is 288 g/mol. The zero-order chi connectivity index (χ0) is 16.7. The van der Waals surface area contributed by atoms with Crippen molar-refractivity contribution < 1.29 is 9.90 Å². The predicted octanol–water partition coefficient (Wildman–Crippen LogP) is 3.06. The minimum absolute atomic E-state index is 0.158. The number of anilines is 1. The van der Waals surface area contributed by atoms with Crippen molar-refractivity contribution in [1.82, 2.24) is 4.90 Å². The van der Waals surface area contributed by atoms with E-state index in [1.54, 1.807) is 0 Å². The van der Waals surface area contributed by atoms with Gasteiger partial charge in [-0.15, -0.1) is 0 Å². The second kappa shape index (κ2) is 8.46. The summed E-state index contributed by atoms with van der Waals surface area (Å²) in [5, 5.41) is 10.4. The molecule has 2 rings (SSSR count). The fourth-order valence-corrected chi connectivity index (χ4v) is 3.33. The third kappa shape index (κ3) is 5.33. The zero-order valence-corrected chi connectivity index (χ0v) is 14.5. The number of para-hydroxylation sites is 1. The maximum Gasteiger partial charge on any atom is 0.228 e. The van der Waals surface area contributed by atoms with Crippen LogP contribution in [0.3, 0.4) is 0 Å². The first kappa shape index (κ1) is 18.0. The highest BCUT2D eigenvalue weighted by Crippen LogP contribution is 2.32. The first-order valence-corrected chi connectivity index (χ1v) is 8.80. The second-order valence-corrected chi connectivity index (χ2v) is 6.71. The number of carbonyl (C=O) groups excluding carboxylic acids is 1. The summed E-state index contributed by atoms with van der Waals surface area (Å²) >= 11 is 0. The highest BCUT2D eigenvalue weighted by Gasteiger charge is 2.30. The van der Waals surface area contributed by atoms with Gasteiger partial charge in [0.1, 0.15) is 0 Å². The first-order valence-electron chi connectivity index (χ1n) is 8.80. The fourth-order valence-electron chi connectivity index (χ4n) is 3.33. The van der Waals surface area contributed by atoms with Crippen LogP contribution in [0.4, 0.5) is 5.69 Å². The number of rotatable bonds is 8. The molecule has 1 saturated carbocycles. The molecule has 1 aliphatic rings. The molecule has 0 atom stereocenters. The quantitative estimate of drug-likeness (QED) is 0.801. The smallest absolute Gasteiger partial charge is 0.228 e. The molecule has 1 fully saturated rings. The Balaban J connectivity index is 1.76. The van der Waals surface area contributed by atoms with Crippen LogP contribution in [0.25, 0.3) is 0 Å². The Labute approximate surface area is 140 Å². The standard InChI is InChI=1S/C19H30N2O2/c1-3-21(17-9-5-4-6-10-17)18(22)11-15-20(2)16-14-19(23)12-7-8-13-19/h4-6,9-10,23H,3,7-8,11-16H2,1-2H3. The normalized spacial score (nSPS) is 16.7. The van der Waals surface area contributed by atoms with Crippen LogP contribution in [0.2, 0.25) is 0 Å². The van der Waals surface area contributed by atoms with Gasteiger partial charge in [-0.25, -0.2) is 0 Å². The highest BCUT2D eigenvalue weighted by atomic mass is 16.3. The molecule has 1 N–H and O–H groups in total. The lowest BCUT2D eigenvalue weighted by atomic mass is 9.98. The average Bonchev–Trinajstić information content (AvgIpc) is 3.00. The summed E-state index contributed by atoms with van der Waals surface area (Å²) in [6, 6.07) is 9.82. The minimum Gasteiger partial charge on any atom is -0.390 e. The van der Waals surface area contributed by atoms with Crippen molar-refractivity contribution in [3.8, 4) is 0 Å². The minimum atomic E-state index is -0.461. The molecule has 128 valence electrons. The fraction of sp³-hybridized carbons (Fsp3) is 0.632. The van der Waals surface area contributed by atoms with Crippen LogP contribution >= 0.6 is 0 Å². The summed E-state index contributed by atoms with van der Waals surface area (Å²) in [6.45, 7) is 4.27. The lowest BCUT2D eigenvalue weighted by Crippen LogP contribution is -2.35. The van der Waals surface area contributed by atoms with E-state index >= 15 is 0 Å². The van der Waals surface area contributed by atoms with Crippen molar-refractivity contribution in [1.29, 1.82) is 0 Å². The molecule has 0 radical (unpaired) electrons. The molecule has 0 bridgehead atoms. The Morgan fingerprint density at radius 3 is 2.43 bits per heavy atom. The number of carbonyl (C=O) groups is 1. The van der Waals surface area contributed by atoms with Crippen LogP contribution in [-0.2, 0) is 4.79 Å². The SMILES string of the molecule is CCN(C(=O)CCN(C)CCC1(O)CCCC1)c1ccccc1. The summed E-state index contributed by atoms with van der Waals surface area (Å²) in [6.07, 6.45) is 5.46. The van der Waals surface area contributed by atoms with Crippen LogP contribution < -0.4 is 4.90 Å². The summed E-state index contributed by atoms with van der Waals surface area (Å²) in [4.78, 5) is 16.4. The van der Waals surface area contributed by atoms with Crippen LogP contribution in [0.5, 0.6) is 0 Å². The molecular formula is C19H30N2O2. The number of amides is 1. The van der Waals surface area contributed by atoms with E-state index in [0.29, 0.717) is 13.0 Å². The van der Waals surface area contributed by atoms with Gasteiger partial charge in [-0.3, -0.25) is 4.79 Å². The summed E-state index contributed by atoms with van der Waals surface area (Å²) in [5.41, 5.74) is 0.500. The third-order valence-corrected chi connectivity index (χ3v) is 4.89. The van der Waals surface area contributed by atoms with Crippen LogP contribution in [0.1, 0.15) is 45.4 Å². The van der Waals surface area contributed by atoms with E-state index in [2.05, 4.69) is 4.90 Å². The number of benzene rings is 1. The summed E-state index contributed by atoms with van der Waals surface area (Å²) < 4.78 is 0. The van der Waals surface area contributed by atoms with Gasteiger partial charge in [-0.05, 0) is 45.4 Å². The van der Waals surface area contributed by atoms with E-state index in [1.165, 1.54) is 0 Å². The molecule has 0 spiro atoms. The third-order valence-electron chi connectivity index (χ3n) is 4.89. The maximum absolute atomic E-state index is 12.5. The molecule has 0 aromatic heterocycles. The maximum atomic E-state index is 12.5. The Hall–Kier alpha value is -1.39. The molecule has 0 saturated heterocycles. The van der Waals surface area contributed by atoms with E-state index in [0.717, 1.165) is 50.9 Å². The molecule has 1 aromatic rings. The predicted molar refractivity (Wildman–Crippen MR) is 94.6 cm³/mol. The molecule has 1 aromatic carbocycles. The van der Waals surface area contributed by atoms with E-state index in [4.69, 9.17) is 0 Å². The van der Waals surface area contributed by atoms with E-state index in [1.807, 2.05) is 49.2 Å². The molecule has 0 unspecified atom stereocenters. The van der Waals surface area contributed by atoms with Crippen molar-refractivity contribution in [3.63, 3.8) is 0 Å². The lowest BCUT2D eigenvalue weighted by Gasteiger charge is -2.26. The number of nitrogens with zero attached hydrogens (tertiary/aromatic N) is 2. The van der Waals surface area contributed by atoms with Crippen molar-refractivity contribution in [3.05, 3.63) is 30.3 Å². The van der Waals surface area contributed by atoms with E-state index < -0.39 is 5.60 Å². The van der Waals surface area contributed by atoms with Gasteiger partial charge in [-0.1, -0.05) is 31.0 Å². The second-order valence-electron chi connectivity index (χ2n) is 6.71. The Kier molecular flexibility index (Phi) is 6.60. The van der Waals surface area contributed by atoms with Crippen LogP contribution in [0, 0.1) is 0 Å². The van der Waals surface area contributed by atoms with Crippen LogP contribution in [0.15, 0.2) is 30.3 Å². The molecule has 1 aliphatic carbocycles. The Morgan fingerprint density at radius 1 is 1.17 bits per heavy atom. The highest BCUT2D eigenvalue weighted by molar-refractivity contribution is 5.93. The van der Waals surface area contributed by atoms with Crippen molar-refractivity contribution in [2.24, 2.45) is 0 Å². The summed E-state index contributed by atoms with van der Waals surface area (Å²) in [5.74, 6) is 0.158. The molecule has 23 heavy (non-hydrogen) atoms. The van der Waals surface area contributed by atoms with Gasteiger partial charge >= 0.3 is 0 Å². The molecule has 4 heteroatoms. The van der Waals surface area contributed by atoms with Gasteiger partial charge in [0.2, 0.25) is 5.91 Å². The average molecular weight is 318 g/mol. The molecule has 0 aliphatic heterocycles. The summed E-state index contributed by atoms with van der Waals surface area (Å²) in [7, 11) is 2.03. The molecule has 1 amide bonds. The van der Waals surface area contributed by atoms with Crippen molar-refractivity contribution in [2.45, 2.75) is 51.0 Å². The van der Waals surface area contributed by atoms with Crippen molar-refractivity contribution >= 4 is 11.6 Å². The van der Waals surface area contributed by atoms with Gasteiger partial charge in [0, 0.05) is 31.7 Å². The Morgan fingerprint density at radius 2 is 1.83 bits per heavy atom. The van der Waals surface area contributed by atoms with Crippen molar-refractivity contribution in [2.75, 3.05) is 31.6 Å². The van der Waals surface area contributed by atoms with Gasteiger partial charge in [-0.2, -0.15) is 0 Å². The van der Waals surface area contributed by atoms with E-state index in [-0.39, 0.29) is 5.91 Å². The first-order chi connectivity index (χ1) is 11.0. The van der Waals surface area contributed by atoms with Crippen LogP contribution in [-0.4, -0.2) is 48.2 Å². The van der Waals surface area contributed by atoms with Gasteiger partial charge < -0.3 is 14.9 Å². The number of hydrogen-bond acceptors (Lipinski definition) is 3. The topological polar surface area (TPSA) is 43.8 Å². The Bertz CT molecular complexity index is 483. The van der Waals surface area contributed by atoms with E-state index in [9.17, 15) is 9.90 Å². The van der Waals surface area contributed by atoms with Gasteiger partial charge in [0.25, 0.3) is 0 Å². The molecule has 4 nitrogen and oxygen atoms in total. The zero-order valence-electron chi connectivity index (χ0n) is 14.5. The van der Waals surface area contributed by atoms with Gasteiger partial charge in [0.15, 0.2) is 0 Å². The number of hydrogen-bond donors (Lipinski definition) is 1. The monoisotopic (exact) mass is 318 g/mol.